The molecule has 0 saturated carbocycles. The Labute approximate surface area is 82.6 Å². The molecule has 0 radical (unpaired) electrons. The van der Waals surface area contributed by atoms with Crippen LogP contribution in [0.15, 0.2) is 0 Å². The number of carbonyl (C=O) groups is 1. The SMILES string of the molecule is CC(C)(CC1CCCOC1=O)[N+](=O)[O-]. The number of rotatable bonds is 3. The summed E-state index contributed by atoms with van der Waals surface area (Å²) in [6.45, 7) is 3.53. The zero-order valence-electron chi connectivity index (χ0n) is 8.49. The van der Waals surface area contributed by atoms with Gasteiger partial charge < -0.3 is 4.74 Å². The molecular formula is C9H15NO4. The van der Waals surface area contributed by atoms with Crippen LogP contribution >= 0.6 is 0 Å². The minimum atomic E-state index is -1.04. The highest BCUT2D eigenvalue weighted by molar-refractivity contribution is 5.73. The van der Waals surface area contributed by atoms with Gasteiger partial charge in [0.15, 0.2) is 0 Å². The molecule has 1 heterocycles. The van der Waals surface area contributed by atoms with E-state index in [2.05, 4.69) is 0 Å². The van der Waals surface area contributed by atoms with Crippen LogP contribution in [0.2, 0.25) is 0 Å². The van der Waals surface area contributed by atoms with E-state index in [9.17, 15) is 14.9 Å². The van der Waals surface area contributed by atoms with Crippen LogP contribution in [-0.2, 0) is 9.53 Å². The van der Waals surface area contributed by atoms with Crippen molar-refractivity contribution in [1.82, 2.24) is 0 Å². The molecular weight excluding hydrogens is 186 g/mol. The number of nitro groups is 1. The Kier molecular flexibility index (Phi) is 3.08. The molecule has 0 aliphatic carbocycles. The van der Waals surface area contributed by atoms with Crippen molar-refractivity contribution >= 4 is 5.97 Å². The summed E-state index contributed by atoms with van der Waals surface area (Å²) in [6, 6.07) is 0. The fourth-order valence-corrected chi connectivity index (χ4v) is 1.60. The molecule has 0 aromatic rings. The van der Waals surface area contributed by atoms with Crippen LogP contribution in [0.1, 0.15) is 33.1 Å². The molecule has 1 atom stereocenters. The summed E-state index contributed by atoms with van der Waals surface area (Å²) < 4.78 is 4.85. The highest BCUT2D eigenvalue weighted by Crippen LogP contribution is 2.26. The van der Waals surface area contributed by atoms with Gasteiger partial charge in [-0.3, -0.25) is 14.9 Å². The Morgan fingerprint density at radius 2 is 2.29 bits per heavy atom. The third-order valence-corrected chi connectivity index (χ3v) is 2.51. The smallest absolute Gasteiger partial charge is 0.309 e. The zero-order chi connectivity index (χ0) is 10.8. The molecule has 14 heavy (non-hydrogen) atoms. The van der Waals surface area contributed by atoms with Crippen molar-refractivity contribution in [3.8, 4) is 0 Å². The minimum absolute atomic E-state index is 0.263. The van der Waals surface area contributed by atoms with Gasteiger partial charge in [-0.05, 0) is 12.8 Å². The number of ether oxygens (including phenoxy) is 1. The highest BCUT2D eigenvalue weighted by atomic mass is 16.6. The van der Waals surface area contributed by atoms with Crippen LogP contribution in [0.3, 0.4) is 0 Å². The van der Waals surface area contributed by atoms with Gasteiger partial charge >= 0.3 is 5.97 Å². The molecule has 80 valence electrons. The number of carbonyl (C=O) groups excluding carboxylic acids is 1. The molecule has 5 nitrogen and oxygen atoms in total. The minimum Gasteiger partial charge on any atom is -0.465 e. The number of hydrogen-bond donors (Lipinski definition) is 0. The summed E-state index contributed by atoms with van der Waals surface area (Å²) in [6.07, 6.45) is 1.78. The molecule has 1 rings (SSSR count). The summed E-state index contributed by atoms with van der Waals surface area (Å²) in [4.78, 5) is 21.6. The molecule has 5 heteroatoms. The molecule has 1 aliphatic heterocycles. The maximum Gasteiger partial charge on any atom is 0.309 e. The van der Waals surface area contributed by atoms with Crippen LogP contribution in [-0.4, -0.2) is 23.0 Å². The van der Waals surface area contributed by atoms with Gasteiger partial charge in [-0.2, -0.15) is 0 Å². The lowest BCUT2D eigenvalue weighted by molar-refractivity contribution is -0.562. The Morgan fingerprint density at radius 3 is 2.79 bits per heavy atom. The van der Waals surface area contributed by atoms with Crippen LogP contribution < -0.4 is 0 Å². The van der Waals surface area contributed by atoms with E-state index in [-0.39, 0.29) is 23.2 Å². The molecule has 0 bridgehead atoms. The molecule has 0 aromatic carbocycles. The lowest BCUT2D eigenvalue weighted by Gasteiger charge is -2.24. The highest BCUT2D eigenvalue weighted by Gasteiger charge is 2.38. The summed E-state index contributed by atoms with van der Waals surface area (Å²) in [7, 11) is 0. The van der Waals surface area contributed by atoms with Gasteiger partial charge in [0.1, 0.15) is 0 Å². The Bertz CT molecular complexity index is 249. The van der Waals surface area contributed by atoms with E-state index in [0.717, 1.165) is 6.42 Å². The van der Waals surface area contributed by atoms with Gasteiger partial charge in [-0.25, -0.2) is 0 Å². The third-order valence-electron chi connectivity index (χ3n) is 2.51. The molecule has 0 aromatic heterocycles. The molecule has 1 saturated heterocycles. The topological polar surface area (TPSA) is 69.4 Å². The standard InChI is InChI=1S/C9H15NO4/c1-9(2,10(12)13)6-7-4-3-5-14-8(7)11/h7H,3-6H2,1-2H3. The maximum absolute atomic E-state index is 11.2. The van der Waals surface area contributed by atoms with Gasteiger partial charge in [-0.15, -0.1) is 0 Å². The monoisotopic (exact) mass is 201 g/mol. The van der Waals surface area contributed by atoms with Gasteiger partial charge in [0.2, 0.25) is 5.54 Å². The van der Waals surface area contributed by atoms with Crippen LogP contribution in [0, 0.1) is 16.0 Å². The van der Waals surface area contributed by atoms with Crippen molar-refractivity contribution in [2.24, 2.45) is 5.92 Å². The van der Waals surface area contributed by atoms with E-state index >= 15 is 0 Å². The second-order valence-electron chi connectivity index (χ2n) is 4.28. The van der Waals surface area contributed by atoms with Gasteiger partial charge in [0.05, 0.1) is 12.5 Å². The van der Waals surface area contributed by atoms with E-state index in [0.29, 0.717) is 13.0 Å². The molecule has 0 N–H and O–H groups in total. The van der Waals surface area contributed by atoms with Crippen LogP contribution in [0.5, 0.6) is 0 Å². The van der Waals surface area contributed by atoms with Crippen molar-refractivity contribution in [2.75, 3.05) is 6.61 Å². The summed E-state index contributed by atoms with van der Waals surface area (Å²) in [5, 5.41) is 10.7. The molecule has 1 fully saturated rings. The van der Waals surface area contributed by atoms with Crippen LogP contribution in [0.4, 0.5) is 0 Å². The predicted molar refractivity (Wildman–Crippen MR) is 49.4 cm³/mol. The third kappa shape index (κ3) is 2.43. The Hall–Kier alpha value is -1.13. The predicted octanol–water partition coefficient (Wildman–Crippen LogP) is 1.39. The normalized spacial score (nSPS) is 23.0. The van der Waals surface area contributed by atoms with Crippen molar-refractivity contribution in [2.45, 2.75) is 38.6 Å². The average molecular weight is 201 g/mol. The second kappa shape index (κ2) is 3.94. The van der Waals surface area contributed by atoms with Crippen molar-refractivity contribution < 1.29 is 14.5 Å². The lowest BCUT2D eigenvalue weighted by atomic mass is 9.87. The number of esters is 1. The first-order valence-electron chi connectivity index (χ1n) is 4.74. The quantitative estimate of drug-likeness (QED) is 0.393. The Morgan fingerprint density at radius 1 is 1.64 bits per heavy atom. The average Bonchev–Trinajstić information content (AvgIpc) is 2.08. The first kappa shape index (κ1) is 10.9. The van der Waals surface area contributed by atoms with Gasteiger partial charge in [0, 0.05) is 25.2 Å². The fraction of sp³-hybridized carbons (Fsp3) is 0.889. The number of nitrogens with zero attached hydrogens (tertiary/aromatic N) is 1. The summed E-state index contributed by atoms with van der Waals surface area (Å²) >= 11 is 0. The second-order valence-corrected chi connectivity index (χ2v) is 4.28. The molecule has 0 spiro atoms. The molecule has 0 amide bonds. The Balaban J connectivity index is 2.58. The van der Waals surface area contributed by atoms with Crippen molar-refractivity contribution in [3.63, 3.8) is 0 Å². The lowest BCUT2D eigenvalue weighted by Crippen LogP contribution is -2.37. The summed E-state index contributed by atoms with van der Waals surface area (Å²) in [5.41, 5.74) is -1.04. The van der Waals surface area contributed by atoms with E-state index in [4.69, 9.17) is 4.74 Å². The van der Waals surface area contributed by atoms with E-state index in [1.54, 1.807) is 0 Å². The first-order valence-corrected chi connectivity index (χ1v) is 4.74. The summed E-state index contributed by atoms with van der Waals surface area (Å²) in [5.74, 6) is -0.588. The van der Waals surface area contributed by atoms with Gasteiger partial charge in [-0.1, -0.05) is 0 Å². The van der Waals surface area contributed by atoms with Crippen molar-refractivity contribution in [3.05, 3.63) is 10.1 Å². The fourth-order valence-electron chi connectivity index (χ4n) is 1.60. The number of hydrogen-bond acceptors (Lipinski definition) is 4. The van der Waals surface area contributed by atoms with Crippen LogP contribution in [0.25, 0.3) is 0 Å². The number of cyclic esters (lactones) is 1. The largest absolute Gasteiger partial charge is 0.465 e. The maximum atomic E-state index is 11.2. The molecule has 1 aliphatic rings. The molecule has 1 unspecified atom stereocenters. The van der Waals surface area contributed by atoms with E-state index in [1.165, 1.54) is 13.8 Å². The van der Waals surface area contributed by atoms with Crippen molar-refractivity contribution in [1.29, 1.82) is 0 Å². The first-order chi connectivity index (χ1) is 6.43. The van der Waals surface area contributed by atoms with Gasteiger partial charge in [0.25, 0.3) is 0 Å². The van der Waals surface area contributed by atoms with E-state index < -0.39 is 5.54 Å². The van der Waals surface area contributed by atoms with E-state index in [1.807, 2.05) is 0 Å². The zero-order valence-corrected chi connectivity index (χ0v) is 8.49.